The molecule has 0 aliphatic rings. The van der Waals surface area contributed by atoms with Crippen molar-refractivity contribution in [2.24, 2.45) is 0 Å². The number of aliphatic hydroxyl groups is 1. The normalized spacial score (nSPS) is 13.0. The molecule has 0 saturated heterocycles. The number of halogens is 1. The average Bonchev–Trinajstić information content (AvgIpc) is 2.65. The first kappa shape index (κ1) is 19.3. The zero-order valence-corrected chi connectivity index (χ0v) is 15.1. The molecule has 0 aliphatic carbocycles. The van der Waals surface area contributed by atoms with Gasteiger partial charge in [0.1, 0.15) is 18.5 Å². The summed E-state index contributed by atoms with van der Waals surface area (Å²) < 4.78 is 5.83. The molecule has 3 aromatic carbocycles. The lowest BCUT2D eigenvalue weighted by Crippen LogP contribution is -2.33. The van der Waals surface area contributed by atoms with E-state index in [0.717, 1.165) is 16.5 Å². The van der Waals surface area contributed by atoms with E-state index in [1.54, 1.807) is 0 Å². The molecule has 0 aromatic heterocycles. The lowest BCUT2D eigenvalue weighted by atomic mass is 10.1. The second-order valence-electron chi connectivity index (χ2n) is 5.98. The largest absolute Gasteiger partial charge is 0.490 e. The van der Waals surface area contributed by atoms with Gasteiger partial charge in [-0.2, -0.15) is 0 Å². The molecule has 3 rings (SSSR count). The van der Waals surface area contributed by atoms with Gasteiger partial charge in [0.25, 0.3) is 0 Å². The Morgan fingerprint density at radius 2 is 1.60 bits per heavy atom. The molecule has 0 aliphatic heterocycles. The van der Waals surface area contributed by atoms with Crippen LogP contribution >= 0.6 is 12.4 Å². The van der Waals surface area contributed by atoms with Gasteiger partial charge in [-0.25, -0.2) is 0 Å². The average molecular weight is 358 g/mol. The fourth-order valence-electron chi connectivity index (χ4n) is 2.74. The number of benzene rings is 3. The molecule has 0 bridgehead atoms. The van der Waals surface area contributed by atoms with Gasteiger partial charge in [0.2, 0.25) is 0 Å². The van der Waals surface area contributed by atoms with E-state index in [9.17, 15) is 5.11 Å². The van der Waals surface area contributed by atoms with Crippen molar-refractivity contribution in [1.29, 1.82) is 0 Å². The number of hydrogen-bond acceptors (Lipinski definition) is 3. The van der Waals surface area contributed by atoms with Gasteiger partial charge >= 0.3 is 0 Å². The Morgan fingerprint density at radius 1 is 0.920 bits per heavy atom. The molecule has 2 atom stereocenters. The van der Waals surface area contributed by atoms with Crippen LogP contribution < -0.4 is 10.1 Å². The van der Waals surface area contributed by atoms with Crippen LogP contribution in [0.25, 0.3) is 10.8 Å². The number of rotatable bonds is 7. The van der Waals surface area contributed by atoms with Crippen LogP contribution in [0.2, 0.25) is 0 Å². The first-order valence-electron chi connectivity index (χ1n) is 8.31. The highest BCUT2D eigenvalue weighted by Crippen LogP contribution is 2.25. The van der Waals surface area contributed by atoms with Gasteiger partial charge in [0, 0.05) is 18.0 Å². The van der Waals surface area contributed by atoms with Crippen LogP contribution in [0.3, 0.4) is 0 Å². The van der Waals surface area contributed by atoms with Gasteiger partial charge in [-0.3, -0.25) is 0 Å². The third-order valence-corrected chi connectivity index (χ3v) is 4.14. The zero-order chi connectivity index (χ0) is 16.8. The molecule has 0 spiro atoms. The fraction of sp³-hybridized carbons (Fsp3) is 0.238. The van der Waals surface area contributed by atoms with Crippen molar-refractivity contribution < 1.29 is 9.84 Å². The van der Waals surface area contributed by atoms with Crippen LogP contribution in [-0.4, -0.2) is 24.4 Å². The Labute approximate surface area is 155 Å². The van der Waals surface area contributed by atoms with E-state index < -0.39 is 6.10 Å². The van der Waals surface area contributed by atoms with Crippen molar-refractivity contribution in [3.05, 3.63) is 78.4 Å². The summed E-state index contributed by atoms with van der Waals surface area (Å²) in [6.07, 6.45) is -0.560. The number of nitrogens with one attached hydrogen (secondary N) is 1. The van der Waals surface area contributed by atoms with E-state index in [4.69, 9.17) is 4.74 Å². The summed E-state index contributed by atoms with van der Waals surface area (Å²) >= 11 is 0. The maximum atomic E-state index is 10.2. The van der Waals surface area contributed by atoms with Crippen molar-refractivity contribution in [3.8, 4) is 5.75 Å². The molecule has 3 nitrogen and oxygen atoms in total. The maximum Gasteiger partial charge on any atom is 0.127 e. The van der Waals surface area contributed by atoms with E-state index in [1.165, 1.54) is 5.56 Å². The molecule has 132 valence electrons. The number of hydrogen-bond donors (Lipinski definition) is 2. The van der Waals surface area contributed by atoms with Crippen molar-refractivity contribution >= 4 is 23.2 Å². The predicted molar refractivity (Wildman–Crippen MR) is 106 cm³/mol. The van der Waals surface area contributed by atoms with Gasteiger partial charge in [-0.15, -0.1) is 12.4 Å². The highest BCUT2D eigenvalue weighted by molar-refractivity contribution is 5.88. The molecule has 25 heavy (non-hydrogen) atoms. The topological polar surface area (TPSA) is 41.5 Å². The molecule has 0 amide bonds. The molecular weight excluding hydrogens is 334 g/mol. The summed E-state index contributed by atoms with van der Waals surface area (Å²) in [5.41, 5.74) is 1.21. The number of aliphatic hydroxyl groups excluding tert-OH is 1. The first-order valence-corrected chi connectivity index (χ1v) is 8.31. The van der Waals surface area contributed by atoms with Crippen LogP contribution in [0.15, 0.2) is 72.8 Å². The lowest BCUT2D eigenvalue weighted by Gasteiger charge is -2.18. The van der Waals surface area contributed by atoms with Crippen molar-refractivity contribution in [3.63, 3.8) is 0 Å². The smallest absolute Gasteiger partial charge is 0.127 e. The van der Waals surface area contributed by atoms with Gasteiger partial charge in [-0.05, 0) is 23.9 Å². The Bertz CT molecular complexity index is 774. The second kappa shape index (κ2) is 9.42. The van der Waals surface area contributed by atoms with E-state index in [0.29, 0.717) is 6.54 Å². The van der Waals surface area contributed by atoms with Gasteiger partial charge < -0.3 is 15.2 Å². The molecule has 0 heterocycles. The van der Waals surface area contributed by atoms with Crippen LogP contribution in [0.4, 0.5) is 0 Å². The minimum Gasteiger partial charge on any atom is -0.490 e. The second-order valence-corrected chi connectivity index (χ2v) is 5.98. The van der Waals surface area contributed by atoms with Gasteiger partial charge in [0.15, 0.2) is 0 Å². The van der Waals surface area contributed by atoms with Gasteiger partial charge in [0.05, 0.1) is 0 Å². The van der Waals surface area contributed by atoms with Crippen molar-refractivity contribution in [2.45, 2.75) is 19.1 Å². The minimum atomic E-state index is -0.560. The molecule has 2 N–H and O–H groups in total. The maximum absolute atomic E-state index is 10.2. The zero-order valence-electron chi connectivity index (χ0n) is 14.3. The van der Waals surface area contributed by atoms with Crippen LogP contribution in [0, 0.1) is 0 Å². The quantitative estimate of drug-likeness (QED) is 0.660. The SMILES string of the molecule is CC(NC[C@H](O)COc1cccc2ccccc12)c1ccccc1.Cl. The van der Waals surface area contributed by atoms with Crippen LogP contribution in [-0.2, 0) is 0 Å². The molecule has 0 radical (unpaired) electrons. The molecule has 0 saturated carbocycles. The summed E-state index contributed by atoms with van der Waals surface area (Å²) in [5, 5.41) is 15.7. The Balaban J connectivity index is 0.00000225. The molecule has 0 fully saturated rings. The van der Waals surface area contributed by atoms with Gasteiger partial charge in [-0.1, -0.05) is 66.7 Å². The van der Waals surface area contributed by atoms with E-state index >= 15 is 0 Å². The third kappa shape index (κ3) is 5.20. The summed E-state index contributed by atoms with van der Waals surface area (Å²) in [5.74, 6) is 0.809. The number of fused-ring (bicyclic) bond motifs is 1. The Kier molecular flexibility index (Phi) is 7.26. The summed E-state index contributed by atoms with van der Waals surface area (Å²) in [6, 6.07) is 24.5. The Hall–Kier alpha value is -2.07. The first-order chi connectivity index (χ1) is 11.7. The summed E-state index contributed by atoms with van der Waals surface area (Å²) in [6.45, 7) is 2.84. The van der Waals surface area contributed by atoms with Crippen LogP contribution in [0.5, 0.6) is 5.75 Å². The highest BCUT2D eigenvalue weighted by atomic mass is 35.5. The summed E-state index contributed by atoms with van der Waals surface area (Å²) in [7, 11) is 0. The molecule has 1 unspecified atom stereocenters. The summed E-state index contributed by atoms with van der Waals surface area (Å²) in [4.78, 5) is 0. The number of ether oxygens (including phenoxy) is 1. The van der Waals surface area contributed by atoms with Crippen molar-refractivity contribution in [1.82, 2.24) is 5.32 Å². The molecule has 3 aromatic rings. The van der Waals surface area contributed by atoms with E-state index in [2.05, 4.69) is 36.5 Å². The van der Waals surface area contributed by atoms with Crippen LogP contribution in [0.1, 0.15) is 18.5 Å². The molecular formula is C21H24ClNO2. The third-order valence-electron chi connectivity index (χ3n) is 4.14. The predicted octanol–water partition coefficient (Wildman–Crippen LogP) is 4.35. The monoisotopic (exact) mass is 357 g/mol. The Morgan fingerprint density at radius 3 is 2.40 bits per heavy atom. The standard InChI is InChI=1S/C21H23NO2.ClH/c1-16(17-8-3-2-4-9-17)22-14-19(23)15-24-21-13-7-11-18-10-5-6-12-20(18)21;/h2-13,16,19,22-23H,14-15H2,1H3;1H/t16?,19-;/m0./s1. The molecule has 4 heteroatoms. The highest BCUT2D eigenvalue weighted by Gasteiger charge is 2.10. The lowest BCUT2D eigenvalue weighted by molar-refractivity contribution is 0.105. The minimum absolute atomic E-state index is 0. The van der Waals surface area contributed by atoms with E-state index in [1.807, 2.05) is 48.5 Å². The van der Waals surface area contributed by atoms with E-state index in [-0.39, 0.29) is 25.1 Å². The fourth-order valence-corrected chi connectivity index (χ4v) is 2.74. The van der Waals surface area contributed by atoms with Crippen molar-refractivity contribution in [2.75, 3.05) is 13.2 Å².